The van der Waals surface area contributed by atoms with Gasteiger partial charge in [0.25, 0.3) is 5.91 Å². The lowest BCUT2D eigenvalue weighted by Crippen LogP contribution is -2.39. The molecule has 1 heterocycles. The summed E-state index contributed by atoms with van der Waals surface area (Å²) in [4.78, 5) is 15.0. The van der Waals surface area contributed by atoms with Crippen LogP contribution in [0.2, 0.25) is 0 Å². The van der Waals surface area contributed by atoms with E-state index in [1.807, 2.05) is 24.3 Å². The molecule has 0 aliphatic carbocycles. The normalized spacial score (nSPS) is 16.1. The highest BCUT2D eigenvalue weighted by atomic mass is 19.1. The summed E-state index contributed by atoms with van der Waals surface area (Å²) in [5.74, 6) is 0.454. The molecule has 6 heteroatoms. The van der Waals surface area contributed by atoms with Crippen molar-refractivity contribution in [1.82, 2.24) is 0 Å². The maximum Gasteiger partial charge on any atom is 0.255 e. The van der Waals surface area contributed by atoms with E-state index in [-0.39, 0.29) is 17.8 Å². The molecular weight excluding hydrogens is 395 g/mol. The Morgan fingerprint density at radius 3 is 2.55 bits per heavy atom. The van der Waals surface area contributed by atoms with E-state index < -0.39 is 0 Å². The number of benzene rings is 3. The summed E-state index contributed by atoms with van der Waals surface area (Å²) in [5.41, 5.74) is 2.32. The standard InChI is InChI=1S/C25H25FN2O3/c1-30-24-6-3-15-28(17-24)21-11-9-20(10-12-21)27-25(29)18-4-2-5-23(16-18)31-22-13-7-19(26)8-14-22/h2,4-5,7-14,16,24H,3,6,15,17H2,1H3,(H,27,29). The van der Waals surface area contributed by atoms with Crippen molar-refractivity contribution in [3.63, 3.8) is 0 Å². The molecule has 1 aliphatic rings. The van der Waals surface area contributed by atoms with Gasteiger partial charge in [-0.05, 0) is 79.6 Å². The van der Waals surface area contributed by atoms with Gasteiger partial charge in [-0.2, -0.15) is 0 Å². The minimum Gasteiger partial charge on any atom is -0.457 e. The summed E-state index contributed by atoms with van der Waals surface area (Å²) < 4.78 is 24.3. The van der Waals surface area contributed by atoms with Crippen molar-refractivity contribution in [2.24, 2.45) is 0 Å². The van der Waals surface area contributed by atoms with Gasteiger partial charge in [-0.25, -0.2) is 4.39 Å². The number of methoxy groups -OCH3 is 1. The van der Waals surface area contributed by atoms with Gasteiger partial charge in [-0.1, -0.05) is 6.07 Å². The quantitative estimate of drug-likeness (QED) is 0.573. The lowest BCUT2D eigenvalue weighted by molar-refractivity contribution is 0.0893. The molecule has 1 atom stereocenters. The van der Waals surface area contributed by atoms with Crippen LogP contribution in [0, 0.1) is 5.82 Å². The molecule has 1 fully saturated rings. The zero-order valence-electron chi connectivity index (χ0n) is 17.4. The Balaban J connectivity index is 1.39. The molecule has 1 saturated heterocycles. The van der Waals surface area contributed by atoms with Crippen molar-refractivity contribution in [2.45, 2.75) is 18.9 Å². The second-order valence-corrected chi connectivity index (χ2v) is 7.53. The average Bonchev–Trinajstić information content (AvgIpc) is 2.81. The highest BCUT2D eigenvalue weighted by Crippen LogP contribution is 2.25. The Bertz CT molecular complexity index is 1020. The van der Waals surface area contributed by atoms with Gasteiger partial charge in [0, 0.05) is 37.1 Å². The fraction of sp³-hybridized carbons (Fsp3) is 0.240. The number of ether oxygens (including phenoxy) is 2. The SMILES string of the molecule is COC1CCCN(c2ccc(NC(=O)c3cccc(Oc4ccc(F)cc4)c3)cc2)C1. The van der Waals surface area contributed by atoms with Gasteiger partial charge in [0.05, 0.1) is 6.10 Å². The second kappa shape index (κ2) is 9.62. The van der Waals surface area contributed by atoms with Crippen LogP contribution in [0.1, 0.15) is 23.2 Å². The number of rotatable bonds is 6. The molecule has 160 valence electrons. The fourth-order valence-corrected chi connectivity index (χ4v) is 3.66. The van der Waals surface area contributed by atoms with Crippen molar-refractivity contribution >= 4 is 17.3 Å². The van der Waals surface area contributed by atoms with E-state index in [0.717, 1.165) is 37.3 Å². The number of hydrogen-bond acceptors (Lipinski definition) is 4. The Kier molecular flexibility index (Phi) is 6.48. The molecular formula is C25H25FN2O3. The summed E-state index contributed by atoms with van der Waals surface area (Å²) in [6.07, 6.45) is 2.45. The molecule has 3 aromatic rings. The van der Waals surface area contributed by atoms with E-state index >= 15 is 0 Å². The molecule has 5 nitrogen and oxygen atoms in total. The van der Waals surface area contributed by atoms with Gasteiger partial charge < -0.3 is 19.7 Å². The predicted molar refractivity (Wildman–Crippen MR) is 120 cm³/mol. The topological polar surface area (TPSA) is 50.8 Å². The van der Waals surface area contributed by atoms with Gasteiger partial charge >= 0.3 is 0 Å². The number of carbonyl (C=O) groups excluding carboxylic acids is 1. The second-order valence-electron chi connectivity index (χ2n) is 7.53. The predicted octanol–water partition coefficient (Wildman–Crippen LogP) is 5.49. The summed E-state index contributed by atoms with van der Waals surface area (Å²) in [6.45, 7) is 1.88. The highest BCUT2D eigenvalue weighted by molar-refractivity contribution is 6.04. The van der Waals surface area contributed by atoms with Crippen molar-refractivity contribution in [3.8, 4) is 11.5 Å². The molecule has 1 N–H and O–H groups in total. The lowest BCUT2D eigenvalue weighted by atomic mass is 10.1. The number of nitrogens with zero attached hydrogens (tertiary/aromatic N) is 1. The maximum absolute atomic E-state index is 13.0. The zero-order chi connectivity index (χ0) is 21.6. The first-order valence-corrected chi connectivity index (χ1v) is 10.3. The number of piperidine rings is 1. The Morgan fingerprint density at radius 1 is 1.03 bits per heavy atom. The van der Waals surface area contributed by atoms with E-state index in [1.54, 1.807) is 43.5 Å². The third-order valence-corrected chi connectivity index (χ3v) is 5.35. The van der Waals surface area contributed by atoms with Crippen LogP contribution in [0.25, 0.3) is 0 Å². The Hall–Kier alpha value is -3.38. The van der Waals surface area contributed by atoms with E-state index in [4.69, 9.17) is 9.47 Å². The first-order chi connectivity index (χ1) is 15.1. The average molecular weight is 420 g/mol. The number of carbonyl (C=O) groups is 1. The molecule has 0 saturated carbocycles. The Morgan fingerprint density at radius 2 is 1.81 bits per heavy atom. The molecule has 0 radical (unpaired) electrons. The number of hydrogen-bond donors (Lipinski definition) is 1. The highest BCUT2D eigenvalue weighted by Gasteiger charge is 2.19. The van der Waals surface area contributed by atoms with Crippen LogP contribution >= 0.6 is 0 Å². The van der Waals surface area contributed by atoms with Crippen LogP contribution in [-0.2, 0) is 4.74 Å². The van der Waals surface area contributed by atoms with Crippen molar-refractivity contribution < 1.29 is 18.7 Å². The van der Waals surface area contributed by atoms with Gasteiger partial charge in [0.15, 0.2) is 0 Å². The van der Waals surface area contributed by atoms with Crippen LogP contribution in [0.4, 0.5) is 15.8 Å². The summed E-state index contributed by atoms with van der Waals surface area (Å²) in [6, 6.07) is 20.5. The van der Waals surface area contributed by atoms with Crippen LogP contribution in [0.3, 0.4) is 0 Å². The Labute approximate surface area is 181 Å². The summed E-state index contributed by atoms with van der Waals surface area (Å²) in [7, 11) is 1.76. The zero-order valence-corrected chi connectivity index (χ0v) is 17.4. The van der Waals surface area contributed by atoms with E-state index in [0.29, 0.717) is 17.1 Å². The summed E-state index contributed by atoms with van der Waals surface area (Å²) >= 11 is 0. The van der Waals surface area contributed by atoms with Crippen molar-refractivity contribution in [1.29, 1.82) is 0 Å². The molecule has 1 amide bonds. The molecule has 4 rings (SSSR count). The van der Waals surface area contributed by atoms with E-state index in [9.17, 15) is 9.18 Å². The van der Waals surface area contributed by atoms with Crippen LogP contribution in [-0.4, -0.2) is 32.2 Å². The lowest BCUT2D eigenvalue weighted by Gasteiger charge is -2.33. The van der Waals surface area contributed by atoms with Gasteiger partial charge in [-0.15, -0.1) is 0 Å². The van der Waals surface area contributed by atoms with Crippen LogP contribution in [0.5, 0.6) is 11.5 Å². The number of nitrogens with one attached hydrogen (secondary N) is 1. The minimum atomic E-state index is -0.328. The first kappa shape index (κ1) is 20.9. The van der Waals surface area contributed by atoms with Gasteiger partial charge in [0.1, 0.15) is 17.3 Å². The van der Waals surface area contributed by atoms with Crippen molar-refractivity contribution in [2.75, 3.05) is 30.4 Å². The molecule has 31 heavy (non-hydrogen) atoms. The smallest absolute Gasteiger partial charge is 0.255 e. The summed E-state index contributed by atoms with van der Waals surface area (Å²) in [5, 5.41) is 2.92. The maximum atomic E-state index is 13.0. The van der Waals surface area contributed by atoms with Crippen LogP contribution < -0.4 is 15.0 Å². The van der Waals surface area contributed by atoms with Gasteiger partial charge in [-0.3, -0.25) is 4.79 Å². The monoisotopic (exact) mass is 420 g/mol. The van der Waals surface area contributed by atoms with Crippen molar-refractivity contribution in [3.05, 3.63) is 84.2 Å². The van der Waals surface area contributed by atoms with Gasteiger partial charge in [0.2, 0.25) is 0 Å². The molecule has 3 aromatic carbocycles. The number of amides is 1. The first-order valence-electron chi connectivity index (χ1n) is 10.3. The molecule has 0 spiro atoms. The fourth-order valence-electron chi connectivity index (χ4n) is 3.66. The molecule has 0 aromatic heterocycles. The number of halogens is 1. The van der Waals surface area contributed by atoms with Crippen LogP contribution in [0.15, 0.2) is 72.8 Å². The third kappa shape index (κ3) is 5.41. The largest absolute Gasteiger partial charge is 0.457 e. The van der Waals surface area contributed by atoms with E-state index in [1.165, 1.54) is 12.1 Å². The van der Waals surface area contributed by atoms with E-state index in [2.05, 4.69) is 10.2 Å². The molecule has 1 unspecified atom stereocenters. The molecule has 0 bridgehead atoms. The molecule has 1 aliphatic heterocycles. The minimum absolute atomic E-state index is 0.227. The number of anilines is 2. The third-order valence-electron chi connectivity index (χ3n) is 5.35.